The van der Waals surface area contributed by atoms with Crippen molar-refractivity contribution in [2.75, 3.05) is 25.6 Å². The highest BCUT2D eigenvalue weighted by Gasteiger charge is 2.27. The van der Waals surface area contributed by atoms with Crippen LogP contribution in [-0.4, -0.2) is 52.0 Å². The lowest BCUT2D eigenvalue weighted by Gasteiger charge is -2.30. The molecular weight excluding hydrogens is 238 g/mol. The number of anilines is 1. The molecule has 0 atom stereocenters. The molecule has 0 aliphatic rings. The fourth-order valence-corrected chi connectivity index (χ4v) is 1.33. The van der Waals surface area contributed by atoms with E-state index < -0.39 is 11.5 Å². The van der Waals surface area contributed by atoms with Crippen LogP contribution in [0.25, 0.3) is 0 Å². The van der Waals surface area contributed by atoms with Crippen LogP contribution in [-0.2, 0) is 4.74 Å². The SMILES string of the molecule is CCC(CO)(CO)Nc1ccnc(C(=O)OC)n1. The van der Waals surface area contributed by atoms with Crippen molar-refractivity contribution in [3.8, 4) is 0 Å². The topological polar surface area (TPSA) is 105 Å². The van der Waals surface area contributed by atoms with Gasteiger partial charge in [0.15, 0.2) is 0 Å². The van der Waals surface area contributed by atoms with Gasteiger partial charge in [-0.25, -0.2) is 14.8 Å². The largest absolute Gasteiger partial charge is 0.463 e. The molecule has 0 aliphatic heterocycles. The van der Waals surface area contributed by atoms with Gasteiger partial charge in [-0.1, -0.05) is 6.92 Å². The lowest BCUT2D eigenvalue weighted by molar-refractivity contribution is 0.0587. The zero-order chi connectivity index (χ0) is 13.6. The van der Waals surface area contributed by atoms with Crippen LogP contribution in [0.15, 0.2) is 12.3 Å². The van der Waals surface area contributed by atoms with E-state index >= 15 is 0 Å². The smallest absolute Gasteiger partial charge is 0.376 e. The van der Waals surface area contributed by atoms with Gasteiger partial charge in [0.05, 0.1) is 25.9 Å². The first-order valence-corrected chi connectivity index (χ1v) is 5.52. The van der Waals surface area contributed by atoms with Crippen molar-refractivity contribution in [2.24, 2.45) is 0 Å². The molecule has 7 heteroatoms. The second-order valence-electron chi connectivity index (χ2n) is 3.83. The minimum Gasteiger partial charge on any atom is -0.463 e. The van der Waals surface area contributed by atoms with E-state index in [2.05, 4.69) is 20.0 Å². The van der Waals surface area contributed by atoms with Gasteiger partial charge in [-0.3, -0.25) is 0 Å². The number of carbonyl (C=O) groups is 1. The van der Waals surface area contributed by atoms with Crippen LogP contribution < -0.4 is 5.32 Å². The molecule has 3 N–H and O–H groups in total. The Morgan fingerprint density at radius 1 is 1.50 bits per heavy atom. The number of hydrogen-bond acceptors (Lipinski definition) is 7. The summed E-state index contributed by atoms with van der Waals surface area (Å²) in [7, 11) is 1.24. The van der Waals surface area contributed by atoms with Gasteiger partial charge in [0.2, 0.25) is 5.82 Å². The van der Waals surface area contributed by atoms with E-state index in [1.165, 1.54) is 13.3 Å². The number of rotatable bonds is 6. The summed E-state index contributed by atoms with van der Waals surface area (Å²) in [5.41, 5.74) is -0.873. The zero-order valence-electron chi connectivity index (χ0n) is 10.4. The zero-order valence-corrected chi connectivity index (χ0v) is 10.4. The molecule has 0 bridgehead atoms. The van der Waals surface area contributed by atoms with Crippen molar-refractivity contribution < 1.29 is 19.7 Å². The van der Waals surface area contributed by atoms with Crippen molar-refractivity contribution in [1.82, 2.24) is 9.97 Å². The summed E-state index contributed by atoms with van der Waals surface area (Å²) in [6, 6.07) is 1.54. The van der Waals surface area contributed by atoms with Gasteiger partial charge in [0.1, 0.15) is 5.82 Å². The fourth-order valence-electron chi connectivity index (χ4n) is 1.33. The molecular formula is C11H17N3O4. The second kappa shape index (κ2) is 6.27. The number of methoxy groups -OCH3 is 1. The van der Waals surface area contributed by atoms with Crippen molar-refractivity contribution in [2.45, 2.75) is 18.9 Å². The maximum atomic E-state index is 11.3. The second-order valence-corrected chi connectivity index (χ2v) is 3.83. The van der Waals surface area contributed by atoms with E-state index in [-0.39, 0.29) is 19.0 Å². The Kier molecular flexibility index (Phi) is 4.99. The van der Waals surface area contributed by atoms with Crippen LogP contribution in [0.5, 0.6) is 0 Å². The molecule has 0 amide bonds. The highest BCUT2D eigenvalue weighted by molar-refractivity contribution is 5.85. The summed E-state index contributed by atoms with van der Waals surface area (Å²) in [4.78, 5) is 19.0. The third-order valence-corrected chi connectivity index (χ3v) is 2.70. The summed E-state index contributed by atoms with van der Waals surface area (Å²) < 4.78 is 4.51. The molecule has 1 heterocycles. The molecule has 0 saturated heterocycles. The summed E-state index contributed by atoms with van der Waals surface area (Å²) in [5, 5.41) is 21.5. The fraction of sp³-hybridized carbons (Fsp3) is 0.545. The molecule has 18 heavy (non-hydrogen) atoms. The Bertz CT molecular complexity index is 399. The molecule has 0 aromatic carbocycles. The first-order chi connectivity index (χ1) is 8.60. The van der Waals surface area contributed by atoms with Crippen LogP contribution in [0.4, 0.5) is 5.82 Å². The van der Waals surface area contributed by atoms with Gasteiger partial charge in [0, 0.05) is 6.20 Å². The number of carbonyl (C=O) groups excluding carboxylic acids is 1. The lowest BCUT2D eigenvalue weighted by Crippen LogP contribution is -2.45. The van der Waals surface area contributed by atoms with Gasteiger partial charge in [0.25, 0.3) is 0 Å². The molecule has 0 unspecified atom stereocenters. The van der Waals surface area contributed by atoms with Crippen LogP contribution in [0.2, 0.25) is 0 Å². The van der Waals surface area contributed by atoms with E-state index in [0.717, 1.165) is 0 Å². The van der Waals surface area contributed by atoms with E-state index in [1.807, 2.05) is 6.92 Å². The maximum absolute atomic E-state index is 11.3. The average molecular weight is 255 g/mol. The van der Waals surface area contributed by atoms with Crippen LogP contribution in [0.1, 0.15) is 24.0 Å². The first kappa shape index (κ1) is 14.3. The number of hydrogen-bond donors (Lipinski definition) is 3. The number of aliphatic hydroxyl groups is 2. The summed E-state index contributed by atoms with van der Waals surface area (Å²) in [6.07, 6.45) is 1.90. The molecule has 0 saturated carbocycles. The third-order valence-electron chi connectivity index (χ3n) is 2.70. The predicted octanol–water partition coefficient (Wildman–Crippen LogP) is -0.192. The van der Waals surface area contributed by atoms with Gasteiger partial charge in [-0.2, -0.15) is 0 Å². The average Bonchev–Trinajstić information content (AvgIpc) is 2.44. The molecule has 100 valence electrons. The number of aromatic nitrogens is 2. The van der Waals surface area contributed by atoms with Crippen LogP contribution in [0.3, 0.4) is 0 Å². The first-order valence-electron chi connectivity index (χ1n) is 5.52. The van der Waals surface area contributed by atoms with Gasteiger partial charge >= 0.3 is 5.97 Å². The van der Waals surface area contributed by atoms with Gasteiger partial charge in [-0.05, 0) is 12.5 Å². The Morgan fingerprint density at radius 3 is 2.67 bits per heavy atom. The number of nitrogens with zero attached hydrogens (tertiary/aromatic N) is 2. The maximum Gasteiger partial charge on any atom is 0.376 e. The summed E-state index contributed by atoms with van der Waals surface area (Å²) >= 11 is 0. The lowest BCUT2D eigenvalue weighted by atomic mass is 9.98. The van der Waals surface area contributed by atoms with E-state index in [9.17, 15) is 15.0 Å². The molecule has 1 aromatic rings. The van der Waals surface area contributed by atoms with Crippen LogP contribution in [0, 0.1) is 0 Å². The van der Waals surface area contributed by atoms with Gasteiger partial charge < -0.3 is 20.3 Å². The molecule has 0 radical (unpaired) electrons. The molecule has 1 rings (SSSR count). The minimum absolute atomic E-state index is 0.0802. The Labute approximate surface area is 105 Å². The normalized spacial score (nSPS) is 11.1. The molecule has 1 aromatic heterocycles. The Hall–Kier alpha value is -1.73. The van der Waals surface area contributed by atoms with Crippen LogP contribution >= 0.6 is 0 Å². The highest BCUT2D eigenvalue weighted by Crippen LogP contribution is 2.16. The van der Waals surface area contributed by atoms with E-state index in [1.54, 1.807) is 6.07 Å². The number of esters is 1. The van der Waals surface area contributed by atoms with Crippen molar-refractivity contribution >= 4 is 11.8 Å². The van der Waals surface area contributed by atoms with Crippen molar-refractivity contribution in [1.29, 1.82) is 0 Å². The quantitative estimate of drug-likeness (QED) is 0.605. The number of aliphatic hydroxyl groups excluding tert-OH is 2. The standard InChI is InChI=1S/C11H17N3O4/c1-3-11(6-15,7-16)14-8-4-5-12-9(13-8)10(17)18-2/h4-5,15-16H,3,6-7H2,1-2H3,(H,12,13,14). The molecule has 0 fully saturated rings. The monoisotopic (exact) mass is 255 g/mol. The molecule has 7 nitrogen and oxygen atoms in total. The molecule has 0 aliphatic carbocycles. The predicted molar refractivity (Wildman–Crippen MR) is 64.2 cm³/mol. The summed E-state index contributed by atoms with van der Waals surface area (Å²) in [6.45, 7) is 1.32. The minimum atomic E-state index is -0.873. The van der Waals surface area contributed by atoms with E-state index in [4.69, 9.17) is 0 Å². The Balaban J connectivity index is 2.93. The van der Waals surface area contributed by atoms with E-state index in [0.29, 0.717) is 12.2 Å². The number of nitrogens with one attached hydrogen (secondary N) is 1. The van der Waals surface area contributed by atoms with Crippen molar-refractivity contribution in [3.63, 3.8) is 0 Å². The molecule has 0 spiro atoms. The third kappa shape index (κ3) is 3.14. The number of ether oxygens (including phenoxy) is 1. The highest BCUT2D eigenvalue weighted by atomic mass is 16.5. The van der Waals surface area contributed by atoms with Crippen molar-refractivity contribution in [3.05, 3.63) is 18.1 Å². The van der Waals surface area contributed by atoms with Gasteiger partial charge in [-0.15, -0.1) is 0 Å². The Morgan fingerprint density at radius 2 is 2.17 bits per heavy atom. The summed E-state index contributed by atoms with van der Waals surface area (Å²) in [5.74, 6) is -0.382.